The molecule has 2 aromatic rings. The molecule has 106 valence electrons. The van der Waals surface area contributed by atoms with E-state index in [4.69, 9.17) is 4.74 Å². The van der Waals surface area contributed by atoms with Gasteiger partial charge in [0, 0.05) is 16.1 Å². The van der Waals surface area contributed by atoms with Gasteiger partial charge in [-0.05, 0) is 37.7 Å². The molecule has 0 aliphatic rings. The Morgan fingerprint density at radius 3 is 2.65 bits per heavy atom. The molecular formula is C16H17BrFNO. The third kappa shape index (κ3) is 3.58. The zero-order chi connectivity index (χ0) is 14.5. The summed E-state index contributed by atoms with van der Waals surface area (Å²) in [7, 11) is 1.85. The highest BCUT2D eigenvalue weighted by Gasteiger charge is 2.09. The van der Waals surface area contributed by atoms with E-state index in [1.165, 1.54) is 6.07 Å². The van der Waals surface area contributed by atoms with Gasteiger partial charge in [0.15, 0.2) is 11.6 Å². The van der Waals surface area contributed by atoms with Crippen molar-refractivity contribution in [2.24, 2.45) is 0 Å². The molecule has 0 bridgehead atoms. The molecule has 0 heterocycles. The van der Waals surface area contributed by atoms with Gasteiger partial charge in [0.2, 0.25) is 0 Å². The van der Waals surface area contributed by atoms with Gasteiger partial charge in [-0.15, -0.1) is 0 Å². The Hall–Kier alpha value is -1.39. The molecule has 1 unspecified atom stereocenters. The smallest absolute Gasteiger partial charge is 0.165 e. The summed E-state index contributed by atoms with van der Waals surface area (Å²) in [6.45, 7) is 2.32. The van der Waals surface area contributed by atoms with Crippen LogP contribution >= 0.6 is 15.9 Å². The number of benzene rings is 2. The Balaban J connectivity index is 2.09. The Labute approximate surface area is 127 Å². The topological polar surface area (TPSA) is 21.3 Å². The fourth-order valence-electron chi connectivity index (χ4n) is 1.84. The molecule has 1 atom stereocenters. The molecule has 1 N–H and O–H groups in total. The van der Waals surface area contributed by atoms with Crippen molar-refractivity contribution in [2.45, 2.75) is 19.6 Å². The summed E-state index contributed by atoms with van der Waals surface area (Å²) >= 11 is 3.45. The second-order valence-electron chi connectivity index (χ2n) is 4.58. The van der Waals surface area contributed by atoms with Gasteiger partial charge in [-0.3, -0.25) is 0 Å². The van der Waals surface area contributed by atoms with Gasteiger partial charge in [0.25, 0.3) is 0 Å². The van der Waals surface area contributed by atoms with E-state index in [1.807, 2.05) is 44.3 Å². The third-order valence-electron chi connectivity index (χ3n) is 3.23. The highest BCUT2D eigenvalue weighted by atomic mass is 79.9. The molecule has 0 amide bonds. The summed E-state index contributed by atoms with van der Waals surface area (Å²) < 4.78 is 20.5. The van der Waals surface area contributed by atoms with Crippen LogP contribution in [0.25, 0.3) is 0 Å². The van der Waals surface area contributed by atoms with Crippen LogP contribution < -0.4 is 10.1 Å². The van der Waals surface area contributed by atoms with Crippen molar-refractivity contribution >= 4 is 15.9 Å². The summed E-state index contributed by atoms with van der Waals surface area (Å²) in [6, 6.07) is 12.9. The monoisotopic (exact) mass is 337 g/mol. The number of halogens is 2. The first-order chi connectivity index (χ1) is 9.61. The number of nitrogens with one attached hydrogen (secondary N) is 1. The van der Waals surface area contributed by atoms with Crippen LogP contribution in [-0.4, -0.2) is 7.05 Å². The Morgan fingerprint density at radius 1 is 1.25 bits per heavy atom. The number of hydrogen-bond acceptors (Lipinski definition) is 2. The minimum atomic E-state index is -0.336. The van der Waals surface area contributed by atoms with Crippen molar-refractivity contribution in [1.82, 2.24) is 5.32 Å². The van der Waals surface area contributed by atoms with Crippen molar-refractivity contribution in [3.63, 3.8) is 0 Å². The number of ether oxygens (including phenoxy) is 1. The molecule has 2 nitrogen and oxygen atoms in total. The van der Waals surface area contributed by atoms with Gasteiger partial charge >= 0.3 is 0 Å². The van der Waals surface area contributed by atoms with Gasteiger partial charge < -0.3 is 10.1 Å². The first-order valence-corrected chi connectivity index (χ1v) is 7.24. The molecule has 0 aliphatic carbocycles. The largest absolute Gasteiger partial charge is 0.486 e. The minimum absolute atomic E-state index is 0.113. The maximum Gasteiger partial charge on any atom is 0.165 e. The summed E-state index contributed by atoms with van der Waals surface area (Å²) in [5.41, 5.74) is 1.89. The molecule has 20 heavy (non-hydrogen) atoms. The quantitative estimate of drug-likeness (QED) is 0.870. The predicted octanol–water partition coefficient (Wildman–Crippen LogP) is 4.45. The molecule has 2 rings (SSSR count). The van der Waals surface area contributed by atoms with Crippen LogP contribution in [0, 0.1) is 5.82 Å². The fraction of sp³-hybridized carbons (Fsp3) is 0.250. The van der Waals surface area contributed by atoms with Crippen molar-refractivity contribution in [3.05, 3.63) is 63.9 Å². The average molecular weight is 338 g/mol. The zero-order valence-electron chi connectivity index (χ0n) is 11.5. The lowest BCUT2D eigenvalue weighted by Gasteiger charge is -2.13. The second-order valence-corrected chi connectivity index (χ2v) is 5.43. The lowest BCUT2D eigenvalue weighted by Crippen LogP contribution is -2.12. The Kier molecular flexibility index (Phi) is 5.15. The maximum absolute atomic E-state index is 14.0. The van der Waals surface area contributed by atoms with Crippen LogP contribution in [-0.2, 0) is 6.61 Å². The van der Waals surface area contributed by atoms with E-state index in [1.54, 1.807) is 6.07 Å². The van der Waals surface area contributed by atoms with Crippen LogP contribution in [0.5, 0.6) is 5.75 Å². The van der Waals surface area contributed by atoms with E-state index in [-0.39, 0.29) is 17.6 Å². The van der Waals surface area contributed by atoms with E-state index in [0.29, 0.717) is 6.61 Å². The predicted molar refractivity (Wildman–Crippen MR) is 82.3 cm³/mol. The van der Waals surface area contributed by atoms with Crippen LogP contribution in [0.1, 0.15) is 24.1 Å². The standard InChI is InChI=1S/C16H17BrFNO/c1-11(19-2)12-7-8-16(15(18)9-12)20-10-13-5-3-4-6-14(13)17/h3-9,11,19H,10H2,1-2H3. The fourth-order valence-corrected chi connectivity index (χ4v) is 2.24. The normalized spacial score (nSPS) is 12.2. The molecule has 0 saturated heterocycles. The Bertz CT molecular complexity index is 588. The van der Waals surface area contributed by atoms with Crippen LogP contribution in [0.2, 0.25) is 0 Å². The third-order valence-corrected chi connectivity index (χ3v) is 4.00. The van der Waals surface area contributed by atoms with Gasteiger partial charge in [-0.25, -0.2) is 4.39 Å². The first-order valence-electron chi connectivity index (χ1n) is 6.44. The van der Waals surface area contributed by atoms with E-state index in [2.05, 4.69) is 21.2 Å². The van der Waals surface area contributed by atoms with E-state index in [9.17, 15) is 4.39 Å². The molecule has 0 aromatic heterocycles. The highest BCUT2D eigenvalue weighted by molar-refractivity contribution is 9.10. The summed E-state index contributed by atoms with van der Waals surface area (Å²) in [5, 5.41) is 3.08. The lowest BCUT2D eigenvalue weighted by molar-refractivity contribution is 0.289. The summed E-state index contributed by atoms with van der Waals surface area (Å²) in [5.74, 6) is -0.0653. The van der Waals surface area contributed by atoms with Crippen LogP contribution in [0.4, 0.5) is 4.39 Å². The second kappa shape index (κ2) is 6.86. The summed E-state index contributed by atoms with van der Waals surface area (Å²) in [6.07, 6.45) is 0. The molecule has 2 aromatic carbocycles. The van der Waals surface area contributed by atoms with Gasteiger partial charge in [-0.2, -0.15) is 0 Å². The van der Waals surface area contributed by atoms with Gasteiger partial charge in [-0.1, -0.05) is 40.2 Å². The Morgan fingerprint density at radius 2 is 2.00 bits per heavy atom. The van der Waals surface area contributed by atoms with Crippen LogP contribution in [0.3, 0.4) is 0 Å². The van der Waals surface area contributed by atoms with E-state index >= 15 is 0 Å². The highest BCUT2D eigenvalue weighted by Crippen LogP contribution is 2.24. The van der Waals surface area contributed by atoms with Crippen molar-refractivity contribution in [1.29, 1.82) is 0 Å². The molecule has 4 heteroatoms. The van der Waals surface area contributed by atoms with E-state index in [0.717, 1.165) is 15.6 Å². The minimum Gasteiger partial charge on any atom is -0.486 e. The van der Waals surface area contributed by atoms with Gasteiger partial charge in [0.05, 0.1) is 0 Å². The van der Waals surface area contributed by atoms with Crippen molar-refractivity contribution in [2.75, 3.05) is 7.05 Å². The molecule has 0 radical (unpaired) electrons. The molecule has 0 spiro atoms. The van der Waals surface area contributed by atoms with Gasteiger partial charge in [0.1, 0.15) is 6.61 Å². The molecule has 0 saturated carbocycles. The zero-order valence-corrected chi connectivity index (χ0v) is 13.1. The van der Waals surface area contributed by atoms with Crippen molar-refractivity contribution in [3.8, 4) is 5.75 Å². The lowest BCUT2D eigenvalue weighted by atomic mass is 10.1. The average Bonchev–Trinajstić information content (AvgIpc) is 2.46. The number of rotatable bonds is 5. The van der Waals surface area contributed by atoms with Crippen molar-refractivity contribution < 1.29 is 9.13 Å². The maximum atomic E-state index is 14.0. The van der Waals surface area contributed by atoms with E-state index < -0.39 is 0 Å². The first kappa shape index (κ1) is 15.0. The molecular weight excluding hydrogens is 321 g/mol. The van der Waals surface area contributed by atoms with Crippen LogP contribution in [0.15, 0.2) is 46.9 Å². The molecule has 0 fully saturated rings. The summed E-state index contributed by atoms with van der Waals surface area (Å²) in [4.78, 5) is 0. The SMILES string of the molecule is CNC(C)c1ccc(OCc2ccccc2Br)c(F)c1. The number of hydrogen-bond donors (Lipinski definition) is 1. The molecule has 0 aliphatic heterocycles.